The molecular formula is C29H24F5NO5S. The van der Waals surface area contributed by atoms with Crippen LogP contribution in [-0.4, -0.2) is 31.0 Å². The van der Waals surface area contributed by atoms with Gasteiger partial charge in [0.15, 0.2) is 0 Å². The summed E-state index contributed by atoms with van der Waals surface area (Å²) in [6, 6.07) is 11.5. The van der Waals surface area contributed by atoms with Gasteiger partial charge in [-0.3, -0.25) is 0 Å². The number of carbonyl (C=O) groups is 1. The number of halogens is 5. The van der Waals surface area contributed by atoms with Gasteiger partial charge in [0.05, 0.1) is 11.6 Å². The molecule has 2 atom stereocenters. The maximum atomic E-state index is 15.7. The van der Waals surface area contributed by atoms with Gasteiger partial charge in [-0.05, 0) is 96.8 Å². The van der Waals surface area contributed by atoms with Gasteiger partial charge in [-0.2, -0.15) is 21.6 Å². The number of alkyl halides is 3. The van der Waals surface area contributed by atoms with Gasteiger partial charge in [-0.15, -0.1) is 0 Å². The van der Waals surface area contributed by atoms with E-state index in [0.29, 0.717) is 22.7 Å². The minimum Gasteiger partial charge on any atom is -0.478 e. The first-order valence-electron chi connectivity index (χ1n) is 12.7. The second-order valence-corrected chi connectivity index (χ2v) is 11.7. The molecule has 6 nitrogen and oxygen atoms in total. The minimum absolute atomic E-state index is 0.0170. The van der Waals surface area contributed by atoms with Crippen molar-refractivity contribution in [2.24, 2.45) is 0 Å². The number of carboxylic acids is 1. The number of rotatable bonds is 7. The van der Waals surface area contributed by atoms with E-state index >= 15 is 8.78 Å². The summed E-state index contributed by atoms with van der Waals surface area (Å²) in [6.07, 6.45) is 4.18. The largest absolute Gasteiger partial charge is 0.534 e. The summed E-state index contributed by atoms with van der Waals surface area (Å²) < 4.78 is 97.5. The van der Waals surface area contributed by atoms with Crippen LogP contribution in [0.3, 0.4) is 0 Å². The summed E-state index contributed by atoms with van der Waals surface area (Å²) in [7, 11) is -5.92. The van der Waals surface area contributed by atoms with Crippen molar-refractivity contribution in [1.82, 2.24) is 0 Å². The van der Waals surface area contributed by atoms with E-state index in [-0.39, 0.29) is 17.5 Å². The topological polar surface area (TPSA) is 83.9 Å². The average Bonchev–Trinajstić information content (AvgIpc) is 3.72. The molecule has 216 valence electrons. The van der Waals surface area contributed by atoms with E-state index in [1.165, 1.54) is 6.07 Å². The molecule has 0 unspecified atom stereocenters. The van der Waals surface area contributed by atoms with Crippen LogP contribution in [0.4, 0.5) is 27.6 Å². The second kappa shape index (κ2) is 10.5. The molecule has 1 saturated carbocycles. The fraction of sp³-hybridized carbons (Fsp3) is 0.276. The van der Waals surface area contributed by atoms with E-state index < -0.39 is 51.1 Å². The molecule has 0 radical (unpaired) electrons. The predicted molar refractivity (Wildman–Crippen MR) is 141 cm³/mol. The Labute approximate surface area is 232 Å². The summed E-state index contributed by atoms with van der Waals surface area (Å²) in [5.74, 6) is -3.31. The first kappa shape index (κ1) is 28.6. The molecule has 12 heteroatoms. The highest BCUT2D eigenvalue weighted by Gasteiger charge is 2.48. The Morgan fingerprint density at radius 2 is 1.66 bits per heavy atom. The summed E-state index contributed by atoms with van der Waals surface area (Å²) in [6.45, 7) is 1.78. The molecule has 2 aliphatic rings. The van der Waals surface area contributed by atoms with Crippen molar-refractivity contribution in [3.05, 3.63) is 100 Å². The quantitative estimate of drug-likeness (QED) is 0.142. The molecule has 1 N–H and O–H groups in total. The summed E-state index contributed by atoms with van der Waals surface area (Å²) in [4.78, 5) is 12.7. The Morgan fingerprint density at radius 1 is 1.02 bits per heavy atom. The van der Waals surface area contributed by atoms with E-state index in [1.807, 2.05) is 24.3 Å². The van der Waals surface area contributed by atoms with E-state index in [2.05, 4.69) is 4.18 Å². The zero-order valence-corrected chi connectivity index (χ0v) is 22.3. The molecule has 41 heavy (non-hydrogen) atoms. The number of aliphatic carboxylic acids is 1. The zero-order chi connectivity index (χ0) is 29.7. The molecule has 3 aromatic rings. The maximum absolute atomic E-state index is 15.7. The number of carboxylic acid groups (broad SMARTS) is 1. The Balaban J connectivity index is 1.63. The molecule has 0 saturated heterocycles. The van der Waals surface area contributed by atoms with Crippen molar-refractivity contribution < 1.29 is 44.5 Å². The smallest absolute Gasteiger partial charge is 0.478 e. The first-order chi connectivity index (χ1) is 19.2. The number of hydrogen-bond acceptors (Lipinski definition) is 5. The number of hydrogen-bond donors (Lipinski definition) is 1. The van der Waals surface area contributed by atoms with Crippen LogP contribution in [0.2, 0.25) is 0 Å². The molecule has 3 aromatic carbocycles. The third-order valence-corrected chi connectivity index (χ3v) is 8.18. The zero-order valence-electron chi connectivity index (χ0n) is 21.5. The second-order valence-electron chi connectivity index (χ2n) is 10.1. The molecule has 0 spiro atoms. The minimum atomic E-state index is -5.92. The number of benzene rings is 3. The highest BCUT2D eigenvalue weighted by Crippen LogP contribution is 2.45. The highest BCUT2D eigenvalue weighted by atomic mass is 32.2. The lowest BCUT2D eigenvalue weighted by Crippen LogP contribution is -2.43. The molecule has 1 fully saturated rings. The average molecular weight is 594 g/mol. The molecule has 5 rings (SSSR count). The maximum Gasteiger partial charge on any atom is 0.534 e. The molecule has 0 amide bonds. The highest BCUT2D eigenvalue weighted by molar-refractivity contribution is 7.88. The van der Waals surface area contributed by atoms with Gasteiger partial charge < -0.3 is 14.2 Å². The van der Waals surface area contributed by atoms with Crippen LogP contribution < -0.4 is 9.08 Å². The fourth-order valence-corrected chi connectivity index (χ4v) is 5.69. The van der Waals surface area contributed by atoms with Gasteiger partial charge in [0.2, 0.25) is 0 Å². The van der Waals surface area contributed by atoms with Crippen molar-refractivity contribution in [3.63, 3.8) is 0 Å². The third-order valence-electron chi connectivity index (χ3n) is 7.20. The summed E-state index contributed by atoms with van der Waals surface area (Å²) in [5.41, 5.74) is -3.49. The van der Waals surface area contributed by atoms with Crippen molar-refractivity contribution in [2.75, 3.05) is 4.90 Å². The van der Waals surface area contributed by atoms with Crippen molar-refractivity contribution in [2.45, 2.75) is 49.7 Å². The fourth-order valence-electron chi connectivity index (χ4n) is 5.23. The van der Waals surface area contributed by atoms with Crippen LogP contribution in [0.1, 0.15) is 59.5 Å². The lowest BCUT2D eigenvalue weighted by atomic mass is 9.83. The Kier molecular flexibility index (Phi) is 7.31. The molecule has 0 aromatic heterocycles. The first-order valence-corrected chi connectivity index (χ1v) is 14.1. The van der Waals surface area contributed by atoms with Gasteiger partial charge in [0.25, 0.3) is 0 Å². The molecule has 0 bridgehead atoms. The van der Waals surface area contributed by atoms with E-state index in [1.54, 1.807) is 11.8 Å². The van der Waals surface area contributed by atoms with Crippen molar-refractivity contribution in [1.29, 1.82) is 0 Å². The molecule has 1 aliphatic heterocycles. The molecule has 1 heterocycles. The Bertz CT molecular complexity index is 1610. The summed E-state index contributed by atoms with van der Waals surface area (Å²) in [5, 5.41) is 8.87. The normalized spacial score (nSPS) is 19.3. The number of fused-ring (bicyclic) bond motifs is 1. The van der Waals surface area contributed by atoms with Gasteiger partial charge >= 0.3 is 21.6 Å². The SMILES string of the molecule is C[C@H]1Cc2cc(OS(=O)(=O)C(F)(F)F)ccc2[C@H](c2c(F)cc(C=CC(=O)O)cc2F)N1c1ccc(C2CC2)cc1. The van der Waals surface area contributed by atoms with Gasteiger partial charge in [0.1, 0.15) is 17.4 Å². The third kappa shape index (κ3) is 5.79. The standard InChI is InChI=1S/C29H24F5NO5S/c1-16-12-20-15-22(40-41(38,39)29(32,33)34)9-10-23(20)28(35(16)21-7-5-19(6-8-21)18-3-4-18)27-24(30)13-17(14-25(27)31)2-11-26(36)37/h2,5-11,13-16,18,28H,3-4,12H2,1H3,(H,36,37)/t16-,28+/m0/s1. The van der Waals surface area contributed by atoms with Gasteiger partial charge in [0, 0.05) is 17.8 Å². The van der Waals surface area contributed by atoms with Gasteiger partial charge in [-0.1, -0.05) is 18.2 Å². The van der Waals surface area contributed by atoms with Crippen LogP contribution in [0.5, 0.6) is 5.75 Å². The van der Waals surface area contributed by atoms with Crippen LogP contribution in [0.25, 0.3) is 6.08 Å². The van der Waals surface area contributed by atoms with E-state index in [0.717, 1.165) is 54.8 Å². The van der Waals surface area contributed by atoms with Crippen LogP contribution in [0, 0.1) is 11.6 Å². The van der Waals surface area contributed by atoms with Crippen LogP contribution in [-0.2, 0) is 21.3 Å². The number of nitrogens with zero attached hydrogens (tertiary/aromatic N) is 1. The van der Waals surface area contributed by atoms with Crippen LogP contribution in [0.15, 0.2) is 60.7 Å². The number of anilines is 1. The molecule has 1 aliphatic carbocycles. The Morgan fingerprint density at radius 3 is 2.22 bits per heavy atom. The lowest BCUT2D eigenvalue weighted by Gasteiger charge is -2.44. The van der Waals surface area contributed by atoms with E-state index in [9.17, 15) is 26.4 Å². The Hall–Kier alpha value is -3.93. The van der Waals surface area contributed by atoms with Crippen molar-refractivity contribution >= 4 is 27.9 Å². The van der Waals surface area contributed by atoms with Gasteiger partial charge in [-0.25, -0.2) is 13.6 Å². The van der Waals surface area contributed by atoms with Crippen molar-refractivity contribution in [3.8, 4) is 5.75 Å². The van der Waals surface area contributed by atoms with E-state index in [4.69, 9.17) is 5.11 Å². The monoisotopic (exact) mass is 593 g/mol. The summed E-state index contributed by atoms with van der Waals surface area (Å²) >= 11 is 0. The lowest BCUT2D eigenvalue weighted by molar-refractivity contribution is -0.131. The molecular weight excluding hydrogens is 569 g/mol. The van der Waals surface area contributed by atoms with Crippen LogP contribution >= 0.6 is 0 Å². The predicted octanol–water partition coefficient (Wildman–Crippen LogP) is 6.71.